The van der Waals surface area contributed by atoms with Crippen LogP contribution in [0.3, 0.4) is 0 Å². The highest BCUT2D eigenvalue weighted by Crippen LogP contribution is 2.23. The molecule has 4 aromatic rings. The number of hydrogen-bond acceptors (Lipinski definition) is 6. The highest BCUT2D eigenvalue weighted by molar-refractivity contribution is 6.05. The quantitative estimate of drug-likeness (QED) is 0.433. The fourth-order valence-electron chi connectivity index (χ4n) is 2.87. The maximum Gasteiger partial charge on any atom is 0.273 e. The number of nitro groups is 1. The predicted molar refractivity (Wildman–Crippen MR) is 102 cm³/mol. The van der Waals surface area contributed by atoms with Gasteiger partial charge in [0.15, 0.2) is 5.65 Å². The van der Waals surface area contributed by atoms with E-state index in [1.165, 1.54) is 18.5 Å². The second-order valence-electron chi connectivity index (χ2n) is 6.09. The molecule has 0 aliphatic heterocycles. The van der Waals surface area contributed by atoms with Crippen molar-refractivity contribution in [2.24, 2.45) is 0 Å². The van der Waals surface area contributed by atoms with Gasteiger partial charge in [0.2, 0.25) is 0 Å². The first-order chi connectivity index (χ1) is 13.5. The molecule has 2 aromatic heterocycles. The Hall–Kier alpha value is -4.14. The molecule has 2 heterocycles. The van der Waals surface area contributed by atoms with Crippen molar-refractivity contribution in [3.8, 4) is 11.3 Å². The van der Waals surface area contributed by atoms with E-state index in [4.69, 9.17) is 0 Å². The van der Waals surface area contributed by atoms with Crippen LogP contribution in [0.15, 0.2) is 60.9 Å². The van der Waals surface area contributed by atoms with Crippen LogP contribution >= 0.6 is 0 Å². The van der Waals surface area contributed by atoms with Crippen molar-refractivity contribution >= 4 is 22.9 Å². The van der Waals surface area contributed by atoms with Crippen LogP contribution < -0.4 is 5.32 Å². The third kappa shape index (κ3) is 3.16. The summed E-state index contributed by atoms with van der Waals surface area (Å²) >= 11 is 0. The molecule has 9 heteroatoms. The van der Waals surface area contributed by atoms with Gasteiger partial charge >= 0.3 is 0 Å². The number of fused-ring (bicyclic) bond motifs is 1. The highest BCUT2D eigenvalue weighted by atomic mass is 16.6. The van der Waals surface area contributed by atoms with Gasteiger partial charge in [-0.3, -0.25) is 14.9 Å². The zero-order chi connectivity index (χ0) is 19.7. The second kappa shape index (κ2) is 6.88. The van der Waals surface area contributed by atoms with E-state index >= 15 is 0 Å². The van der Waals surface area contributed by atoms with E-state index in [1.54, 1.807) is 29.6 Å². The summed E-state index contributed by atoms with van der Waals surface area (Å²) in [6.07, 6.45) is 1.52. The summed E-state index contributed by atoms with van der Waals surface area (Å²) in [6, 6.07) is 15.2. The SMILES string of the molecule is Cc1c(C(=O)Nc2ccc(-c3ccc4nncn4n3)cc2)cccc1[N+](=O)[O-]. The number of benzene rings is 2. The van der Waals surface area contributed by atoms with Gasteiger partial charge in [0, 0.05) is 28.4 Å². The minimum Gasteiger partial charge on any atom is -0.322 e. The van der Waals surface area contributed by atoms with E-state index in [0.717, 1.165) is 11.3 Å². The van der Waals surface area contributed by atoms with Crippen LogP contribution in [-0.4, -0.2) is 30.6 Å². The molecule has 4 rings (SSSR count). The molecule has 0 unspecified atom stereocenters. The summed E-state index contributed by atoms with van der Waals surface area (Å²) < 4.78 is 1.58. The van der Waals surface area contributed by atoms with E-state index in [2.05, 4.69) is 20.6 Å². The molecule has 0 radical (unpaired) electrons. The van der Waals surface area contributed by atoms with Gasteiger partial charge in [0.25, 0.3) is 11.6 Å². The Morgan fingerprint density at radius 3 is 2.64 bits per heavy atom. The summed E-state index contributed by atoms with van der Waals surface area (Å²) in [5.41, 5.74) is 3.33. The third-order valence-electron chi connectivity index (χ3n) is 4.35. The lowest BCUT2D eigenvalue weighted by Gasteiger charge is -2.09. The van der Waals surface area contributed by atoms with Gasteiger partial charge in [0.05, 0.1) is 10.6 Å². The van der Waals surface area contributed by atoms with Gasteiger partial charge in [-0.2, -0.15) is 9.61 Å². The number of aromatic nitrogens is 4. The fourth-order valence-corrected chi connectivity index (χ4v) is 2.87. The first kappa shape index (κ1) is 17.3. The van der Waals surface area contributed by atoms with E-state index in [1.807, 2.05) is 24.3 Å². The van der Waals surface area contributed by atoms with Crippen LogP contribution in [0.4, 0.5) is 11.4 Å². The Balaban J connectivity index is 1.55. The number of nitrogens with one attached hydrogen (secondary N) is 1. The minimum atomic E-state index is -0.499. The lowest BCUT2D eigenvalue weighted by molar-refractivity contribution is -0.385. The largest absolute Gasteiger partial charge is 0.322 e. The minimum absolute atomic E-state index is 0.0848. The molecule has 28 heavy (non-hydrogen) atoms. The third-order valence-corrected chi connectivity index (χ3v) is 4.35. The summed E-state index contributed by atoms with van der Waals surface area (Å²) in [4.78, 5) is 23.1. The molecule has 0 saturated carbocycles. The van der Waals surface area contributed by atoms with Crippen molar-refractivity contribution < 1.29 is 9.72 Å². The zero-order valence-electron chi connectivity index (χ0n) is 14.7. The van der Waals surface area contributed by atoms with Gasteiger partial charge in [-0.25, -0.2) is 0 Å². The Bertz CT molecular complexity index is 1200. The van der Waals surface area contributed by atoms with Crippen molar-refractivity contribution in [2.75, 3.05) is 5.32 Å². The van der Waals surface area contributed by atoms with Crippen LogP contribution in [0.1, 0.15) is 15.9 Å². The number of carbonyl (C=O) groups is 1. The Kier molecular flexibility index (Phi) is 4.24. The Morgan fingerprint density at radius 1 is 1.11 bits per heavy atom. The maximum absolute atomic E-state index is 12.5. The van der Waals surface area contributed by atoms with Crippen molar-refractivity contribution in [3.05, 3.63) is 82.2 Å². The van der Waals surface area contributed by atoms with Gasteiger partial charge < -0.3 is 5.32 Å². The molecule has 0 fully saturated rings. The molecule has 0 aliphatic carbocycles. The lowest BCUT2D eigenvalue weighted by atomic mass is 10.1. The monoisotopic (exact) mass is 374 g/mol. The second-order valence-corrected chi connectivity index (χ2v) is 6.09. The summed E-state index contributed by atoms with van der Waals surface area (Å²) in [6.45, 7) is 1.56. The Morgan fingerprint density at radius 2 is 1.89 bits per heavy atom. The smallest absolute Gasteiger partial charge is 0.273 e. The molecule has 0 saturated heterocycles. The topological polar surface area (TPSA) is 115 Å². The molecule has 1 amide bonds. The number of hydrogen-bond donors (Lipinski definition) is 1. The van der Waals surface area contributed by atoms with Crippen LogP contribution in [0, 0.1) is 17.0 Å². The molecule has 0 atom stereocenters. The molecule has 0 aliphatic rings. The average molecular weight is 374 g/mol. The number of carbonyl (C=O) groups excluding carboxylic acids is 1. The first-order valence-corrected chi connectivity index (χ1v) is 8.36. The van der Waals surface area contributed by atoms with Crippen molar-refractivity contribution in [1.82, 2.24) is 19.8 Å². The number of nitro benzene ring substituents is 1. The van der Waals surface area contributed by atoms with E-state index in [9.17, 15) is 14.9 Å². The first-order valence-electron chi connectivity index (χ1n) is 8.36. The molecular formula is C19H14N6O3. The van der Waals surface area contributed by atoms with Crippen LogP contribution in [-0.2, 0) is 0 Å². The Labute approximate surface area is 158 Å². The molecule has 9 nitrogen and oxygen atoms in total. The van der Waals surface area contributed by atoms with E-state index in [0.29, 0.717) is 16.9 Å². The van der Waals surface area contributed by atoms with Crippen LogP contribution in [0.5, 0.6) is 0 Å². The molecule has 0 bridgehead atoms. The fraction of sp³-hybridized carbons (Fsp3) is 0.0526. The summed E-state index contributed by atoms with van der Waals surface area (Å²) in [7, 11) is 0. The number of rotatable bonds is 4. The maximum atomic E-state index is 12.5. The lowest BCUT2D eigenvalue weighted by Crippen LogP contribution is -2.14. The van der Waals surface area contributed by atoms with Gasteiger partial charge in [-0.05, 0) is 37.3 Å². The summed E-state index contributed by atoms with van der Waals surface area (Å²) in [5, 5.41) is 25.9. The molecule has 138 valence electrons. The van der Waals surface area contributed by atoms with Crippen molar-refractivity contribution in [3.63, 3.8) is 0 Å². The number of anilines is 1. The zero-order valence-corrected chi connectivity index (χ0v) is 14.7. The van der Waals surface area contributed by atoms with Crippen LogP contribution in [0.25, 0.3) is 16.9 Å². The van der Waals surface area contributed by atoms with E-state index < -0.39 is 10.8 Å². The molecule has 0 spiro atoms. The van der Waals surface area contributed by atoms with Gasteiger partial charge in [0.1, 0.15) is 6.33 Å². The van der Waals surface area contributed by atoms with E-state index in [-0.39, 0.29) is 11.3 Å². The van der Waals surface area contributed by atoms with Crippen molar-refractivity contribution in [1.29, 1.82) is 0 Å². The summed E-state index contributed by atoms with van der Waals surface area (Å²) in [5.74, 6) is -0.405. The highest BCUT2D eigenvalue weighted by Gasteiger charge is 2.18. The van der Waals surface area contributed by atoms with Gasteiger partial charge in [-0.15, -0.1) is 10.2 Å². The van der Waals surface area contributed by atoms with Crippen molar-refractivity contribution in [2.45, 2.75) is 6.92 Å². The molecule has 1 N–H and O–H groups in total. The van der Waals surface area contributed by atoms with Crippen LogP contribution in [0.2, 0.25) is 0 Å². The molecule has 2 aromatic carbocycles. The number of amides is 1. The normalized spacial score (nSPS) is 10.8. The average Bonchev–Trinajstić information content (AvgIpc) is 3.16. The standard InChI is InChI=1S/C19H14N6O3/c1-12-15(3-2-4-17(12)25(27)28)19(26)21-14-7-5-13(6-8-14)16-9-10-18-22-20-11-24(18)23-16/h2-11H,1H3,(H,21,26). The molecular weight excluding hydrogens is 360 g/mol. The van der Waals surface area contributed by atoms with Gasteiger partial charge in [-0.1, -0.05) is 18.2 Å². The predicted octanol–water partition coefficient (Wildman–Crippen LogP) is 3.26. The number of nitrogens with zero attached hydrogens (tertiary/aromatic N) is 5.